The summed E-state index contributed by atoms with van der Waals surface area (Å²) in [6.45, 7) is 1.52. The average Bonchev–Trinajstić information content (AvgIpc) is 2.69. The Balaban J connectivity index is 2.11. The molecule has 0 N–H and O–H groups in total. The molecule has 0 spiro atoms. The van der Waals surface area contributed by atoms with Gasteiger partial charge in [0.1, 0.15) is 10.7 Å². The predicted octanol–water partition coefficient (Wildman–Crippen LogP) is 1.71. The van der Waals surface area contributed by atoms with Crippen LogP contribution >= 0.6 is 0 Å². The number of carbonyl (C=O) groups excluding carboxylic acids is 1. The molecule has 0 aliphatic carbocycles. The van der Waals surface area contributed by atoms with Crippen molar-refractivity contribution in [1.82, 2.24) is 14.8 Å². The quantitative estimate of drug-likeness (QED) is 0.438. The standard InChI is InChI=1S/C18H14FN3O6S/c1-2-27-18(24)17-15(28-29(25,26)14-4-3-9-20-11-14)10-16(23)22(21-17)13-7-5-12(19)6-8-13/h3-11H,2H2,1H3. The molecule has 3 aromatic rings. The van der Waals surface area contributed by atoms with Gasteiger partial charge < -0.3 is 8.92 Å². The lowest BCUT2D eigenvalue weighted by atomic mass is 10.3. The van der Waals surface area contributed by atoms with Crippen LogP contribution in [0.1, 0.15) is 17.4 Å². The van der Waals surface area contributed by atoms with Crippen LogP contribution in [-0.2, 0) is 14.9 Å². The molecule has 1 aromatic carbocycles. The van der Waals surface area contributed by atoms with Gasteiger partial charge in [-0.15, -0.1) is 0 Å². The fraction of sp³-hybridized carbons (Fsp3) is 0.111. The molecule has 29 heavy (non-hydrogen) atoms. The van der Waals surface area contributed by atoms with Gasteiger partial charge in [-0.25, -0.2) is 9.18 Å². The predicted molar refractivity (Wildman–Crippen MR) is 97.8 cm³/mol. The monoisotopic (exact) mass is 419 g/mol. The third kappa shape index (κ3) is 4.46. The highest BCUT2D eigenvalue weighted by Gasteiger charge is 2.25. The highest BCUT2D eigenvalue weighted by molar-refractivity contribution is 7.87. The van der Waals surface area contributed by atoms with Crippen molar-refractivity contribution in [3.63, 3.8) is 0 Å². The lowest BCUT2D eigenvalue weighted by molar-refractivity contribution is 0.0515. The molecule has 0 saturated heterocycles. The first-order valence-electron chi connectivity index (χ1n) is 8.24. The maximum Gasteiger partial charge on any atom is 0.362 e. The molecule has 0 atom stereocenters. The van der Waals surface area contributed by atoms with Crippen LogP contribution in [0.15, 0.2) is 64.5 Å². The molecule has 0 aliphatic rings. The van der Waals surface area contributed by atoms with Crippen LogP contribution in [0.25, 0.3) is 5.69 Å². The number of benzene rings is 1. The van der Waals surface area contributed by atoms with Crippen molar-refractivity contribution in [2.75, 3.05) is 6.61 Å². The van der Waals surface area contributed by atoms with Gasteiger partial charge in [0.25, 0.3) is 5.56 Å². The van der Waals surface area contributed by atoms with E-state index in [1.807, 2.05) is 0 Å². The van der Waals surface area contributed by atoms with Crippen LogP contribution in [0.5, 0.6) is 5.75 Å². The number of esters is 1. The Bertz CT molecular complexity index is 1190. The van der Waals surface area contributed by atoms with Crippen molar-refractivity contribution in [3.05, 3.63) is 76.7 Å². The zero-order valence-corrected chi connectivity index (χ0v) is 15.8. The number of rotatable bonds is 6. The number of aromatic nitrogens is 3. The highest BCUT2D eigenvalue weighted by Crippen LogP contribution is 2.21. The van der Waals surface area contributed by atoms with E-state index in [0.717, 1.165) is 29.1 Å². The Kier molecular flexibility index (Phi) is 5.69. The Morgan fingerprint density at radius 3 is 2.55 bits per heavy atom. The van der Waals surface area contributed by atoms with E-state index < -0.39 is 38.9 Å². The summed E-state index contributed by atoms with van der Waals surface area (Å²) in [5.41, 5.74) is -1.19. The second-order valence-electron chi connectivity index (χ2n) is 5.53. The molecule has 0 radical (unpaired) electrons. The summed E-state index contributed by atoms with van der Waals surface area (Å²) in [7, 11) is -4.39. The molecule has 9 nitrogen and oxygen atoms in total. The van der Waals surface area contributed by atoms with Crippen LogP contribution in [0.4, 0.5) is 4.39 Å². The zero-order valence-electron chi connectivity index (χ0n) is 15.0. The largest absolute Gasteiger partial charge is 0.461 e. The minimum atomic E-state index is -4.39. The number of carbonyl (C=O) groups is 1. The van der Waals surface area contributed by atoms with Gasteiger partial charge in [-0.2, -0.15) is 18.2 Å². The van der Waals surface area contributed by atoms with Crippen LogP contribution in [0, 0.1) is 5.82 Å². The summed E-state index contributed by atoms with van der Waals surface area (Å²) in [5.74, 6) is -2.13. The average molecular weight is 419 g/mol. The van der Waals surface area contributed by atoms with Crippen molar-refractivity contribution in [3.8, 4) is 11.4 Å². The van der Waals surface area contributed by atoms with E-state index in [1.165, 1.54) is 30.5 Å². The van der Waals surface area contributed by atoms with Gasteiger partial charge in [0, 0.05) is 12.4 Å². The van der Waals surface area contributed by atoms with Gasteiger partial charge in [-0.05, 0) is 43.3 Å². The summed E-state index contributed by atoms with van der Waals surface area (Å²) in [6, 6.07) is 8.15. The maximum atomic E-state index is 13.1. The van der Waals surface area contributed by atoms with Gasteiger partial charge in [-0.1, -0.05) is 0 Å². The van der Waals surface area contributed by atoms with Gasteiger partial charge >= 0.3 is 16.1 Å². The second-order valence-corrected chi connectivity index (χ2v) is 7.08. The molecule has 2 aromatic heterocycles. The van der Waals surface area contributed by atoms with Gasteiger partial charge in [-0.3, -0.25) is 9.78 Å². The molecule has 0 saturated carbocycles. The Labute approximate surface area is 164 Å². The first-order chi connectivity index (χ1) is 13.8. The lowest BCUT2D eigenvalue weighted by Gasteiger charge is -2.12. The number of hydrogen-bond donors (Lipinski definition) is 0. The summed E-state index contributed by atoms with van der Waals surface area (Å²) in [4.78, 5) is 28.2. The van der Waals surface area contributed by atoms with E-state index >= 15 is 0 Å². The van der Waals surface area contributed by atoms with Crippen molar-refractivity contribution >= 4 is 16.1 Å². The first kappa shape index (κ1) is 20.1. The molecule has 150 valence electrons. The van der Waals surface area contributed by atoms with E-state index in [0.29, 0.717) is 0 Å². The van der Waals surface area contributed by atoms with E-state index in [1.54, 1.807) is 6.92 Å². The SMILES string of the molecule is CCOC(=O)c1nn(-c2ccc(F)cc2)c(=O)cc1OS(=O)(=O)c1cccnc1. The lowest BCUT2D eigenvalue weighted by Crippen LogP contribution is -2.26. The number of pyridine rings is 1. The normalized spacial score (nSPS) is 11.1. The molecular weight excluding hydrogens is 405 g/mol. The Morgan fingerprint density at radius 1 is 1.21 bits per heavy atom. The van der Waals surface area contributed by atoms with E-state index in [-0.39, 0.29) is 17.2 Å². The second kappa shape index (κ2) is 8.19. The molecule has 0 aliphatic heterocycles. The van der Waals surface area contributed by atoms with Crippen LogP contribution in [-0.4, -0.2) is 35.8 Å². The molecule has 0 amide bonds. The molecule has 11 heteroatoms. The molecular formula is C18H14FN3O6S. The Morgan fingerprint density at radius 2 is 1.93 bits per heavy atom. The number of nitrogens with zero attached hydrogens (tertiary/aromatic N) is 3. The van der Waals surface area contributed by atoms with Crippen LogP contribution in [0.2, 0.25) is 0 Å². The third-order valence-electron chi connectivity index (χ3n) is 3.56. The van der Waals surface area contributed by atoms with E-state index in [9.17, 15) is 22.4 Å². The number of ether oxygens (including phenoxy) is 1. The van der Waals surface area contributed by atoms with Crippen molar-refractivity contribution in [2.45, 2.75) is 11.8 Å². The highest BCUT2D eigenvalue weighted by atomic mass is 32.2. The van der Waals surface area contributed by atoms with Crippen molar-refractivity contribution < 1.29 is 26.5 Å². The van der Waals surface area contributed by atoms with Crippen molar-refractivity contribution in [2.24, 2.45) is 0 Å². The van der Waals surface area contributed by atoms with Crippen LogP contribution in [0.3, 0.4) is 0 Å². The van der Waals surface area contributed by atoms with Crippen molar-refractivity contribution in [1.29, 1.82) is 0 Å². The molecule has 0 bridgehead atoms. The summed E-state index contributed by atoms with van der Waals surface area (Å²) in [5, 5.41) is 3.87. The fourth-order valence-corrected chi connectivity index (χ4v) is 3.17. The molecule has 0 fully saturated rings. The Hall–Kier alpha value is -3.60. The topological polar surface area (TPSA) is 117 Å². The first-order valence-corrected chi connectivity index (χ1v) is 9.64. The van der Waals surface area contributed by atoms with Gasteiger partial charge in [0.05, 0.1) is 18.4 Å². The summed E-state index contributed by atoms with van der Waals surface area (Å²) < 4.78 is 48.7. The maximum absolute atomic E-state index is 13.1. The molecule has 2 heterocycles. The number of hydrogen-bond acceptors (Lipinski definition) is 8. The minimum Gasteiger partial charge on any atom is -0.461 e. The number of halogens is 1. The minimum absolute atomic E-state index is 0.0228. The van der Waals surface area contributed by atoms with Gasteiger partial charge in [0.15, 0.2) is 5.75 Å². The van der Waals surface area contributed by atoms with Gasteiger partial charge in [0.2, 0.25) is 5.69 Å². The molecule has 3 rings (SSSR count). The summed E-state index contributed by atoms with van der Waals surface area (Å²) >= 11 is 0. The van der Waals surface area contributed by atoms with E-state index in [4.69, 9.17) is 8.92 Å². The smallest absolute Gasteiger partial charge is 0.362 e. The van der Waals surface area contributed by atoms with E-state index in [2.05, 4.69) is 10.1 Å². The fourth-order valence-electron chi connectivity index (χ4n) is 2.27. The molecule has 0 unspecified atom stereocenters. The summed E-state index contributed by atoms with van der Waals surface area (Å²) in [6.07, 6.45) is 2.42. The zero-order chi connectivity index (χ0) is 21.0. The third-order valence-corrected chi connectivity index (χ3v) is 4.78. The van der Waals surface area contributed by atoms with Crippen LogP contribution < -0.4 is 9.74 Å².